The molecule has 25 heavy (non-hydrogen) atoms. The Morgan fingerprint density at radius 3 is 2.76 bits per heavy atom. The summed E-state index contributed by atoms with van der Waals surface area (Å²) in [6.45, 7) is 1.35. The molecule has 3 rings (SSSR count). The van der Waals surface area contributed by atoms with Gasteiger partial charge in [-0.25, -0.2) is 0 Å². The van der Waals surface area contributed by atoms with E-state index in [1.165, 1.54) is 0 Å². The summed E-state index contributed by atoms with van der Waals surface area (Å²) in [6, 6.07) is 13.3. The smallest absolute Gasteiger partial charge is 0.224 e. The maximum absolute atomic E-state index is 12.3. The van der Waals surface area contributed by atoms with Gasteiger partial charge in [-0.3, -0.25) is 4.79 Å². The fraction of sp³-hybridized carbons (Fsp3) is 0.316. The van der Waals surface area contributed by atoms with Crippen LogP contribution >= 0.6 is 11.6 Å². The molecule has 0 radical (unpaired) electrons. The predicted molar refractivity (Wildman–Crippen MR) is 95.3 cm³/mol. The van der Waals surface area contributed by atoms with Crippen molar-refractivity contribution in [1.29, 1.82) is 0 Å². The zero-order valence-corrected chi connectivity index (χ0v) is 14.7. The molecule has 1 unspecified atom stereocenters. The molecule has 132 valence electrons. The molecule has 0 spiro atoms. The molecule has 1 N–H and O–H groups in total. The Bertz CT molecular complexity index is 736. The van der Waals surface area contributed by atoms with E-state index >= 15 is 0 Å². The number of benzene rings is 2. The van der Waals surface area contributed by atoms with Gasteiger partial charge in [0.05, 0.1) is 17.5 Å². The lowest BCUT2D eigenvalue weighted by Crippen LogP contribution is -2.30. The Morgan fingerprint density at radius 2 is 2.00 bits per heavy atom. The molecule has 2 aromatic carbocycles. The number of hydrogen-bond acceptors (Lipinski definition) is 4. The maximum Gasteiger partial charge on any atom is 0.224 e. The minimum absolute atomic E-state index is 0.106. The first-order valence-corrected chi connectivity index (χ1v) is 8.47. The van der Waals surface area contributed by atoms with Crippen LogP contribution in [0.3, 0.4) is 0 Å². The van der Waals surface area contributed by atoms with Crippen LogP contribution in [0.25, 0.3) is 0 Å². The van der Waals surface area contributed by atoms with Gasteiger partial charge < -0.3 is 19.5 Å². The van der Waals surface area contributed by atoms with Gasteiger partial charge in [-0.1, -0.05) is 41.9 Å². The maximum atomic E-state index is 12.3. The van der Waals surface area contributed by atoms with Crippen LogP contribution in [0.4, 0.5) is 0 Å². The molecule has 0 saturated heterocycles. The lowest BCUT2D eigenvalue weighted by Gasteiger charge is -2.20. The quantitative estimate of drug-likeness (QED) is 0.858. The van der Waals surface area contributed by atoms with Gasteiger partial charge in [-0.15, -0.1) is 0 Å². The molecule has 1 amide bonds. The Balaban J connectivity index is 1.60. The topological polar surface area (TPSA) is 56.8 Å². The molecule has 1 aliphatic rings. The number of methoxy groups -OCH3 is 1. The standard InChI is InChI=1S/C19H20ClNO4/c1-23-17(14-5-3-2-4-6-14)12-21-18(22)11-13-9-15(20)19-16(10-13)24-7-8-25-19/h2-6,9-10,17H,7-8,11-12H2,1H3,(H,21,22). The Labute approximate surface area is 151 Å². The van der Waals surface area contributed by atoms with Gasteiger partial charge >= 0.3 is 0 Å². The summed E-state index contributed by atoms with van der Waals surface area (Å²) in [5.41, 5.74) is 1.80. The third-order valence-corrected chi connectivity index (χ3v) is 4.24. The molecular formula is C19H20ClNO4. The first-order chi connectivity index (χ1) is 12.2. The number of halogens is 1. The number of amides is 1. The molecule has 1 heterocycles. The van der Waals surface area contributed by atoms with Crippen LogP contribution in [0.2, 0.25) is 5.02 Å². The fourth-order valence-electron chi connectivity index (χ4n) is 2.73. The van der Waals surface area contributed by atoms with E-state index in [4.69, 9.17) is 25.8 Å². The minimum Gasteiger partial charge on any atom is -0.486 e. The number of carbonyl (C=O) groups is 1. The summed E-state index contributed by atoms with van der Waals surface area (Å²) < 4.78 is 16.5. The van der Waals surface area contributed by atoms with Crippen LogP contribution in [0.15, 0.2) is 42.5 Å². The molecule has 1 aliphatic heterocycles. The van der Waals surface area contributed by atoms with Crippen molar-refractivity contribution in [2.24, 2.45) is 0 Å². The Morgan fingerprint density at radius 1 is 1.24 bits per heavy atom. The molecule has 5 nitrogen and oxygen atoms in total. The van der Waals surface area contributed by atoms with Gasteiger partial charge in [-0.2, -0.15) is 0 Å². The number of fused-ring (bicyclic) bond motifs is 1. The fourth-order valence-corrected chi connectivity index (χ4v) is 3.01. The van der Waals surface area contributed by atoms with Crippen molar-refractivity contribution in [3.05, 3.63) is 58.6 Å². The number of ether oxygens (including phenoxy) is 3. The van der Waals surface area contributed by atoms with E-state index in [-0.39, 0.29) is 18.4 Å². The van der Waals surface area contributed by atoms with E-state index in [0.29, 0.717) is 36.3 Å². The van der Waals surface area contributed by atoms with Crippen molar-refractivity contribution in [3.63, 3.8) is 0 Å². The largest absolute Gasteiger partial charge is 0.486 e. The minimum atomic E-state index is -0.186. The number of carbonyl (C=O) groups excluding carboxylic acids is 1. The van der Waals surface area contributed by atoms with Crippen LogP contribution in [-0.2, 0) is 16.0 Å². The highest BCUT2D eigenvalue weighted by Crippen LogP contribution is 2.38. The predicted octanol–water partition coefficient (Wildman–Crippen LogP) is 3.16. The summed E-state index contributed by atoms with van der Waals surface area (Å²) in [5.74, 6) is 1.02. The molecule has 6 heteroatoms. The lowest BCUT2D eigenvalue weighted by molar-refractivity contribution is -0.121. The molecule has 0 fully saturated rings. The average Bonchev–Trinajstić information content (AvgIpc) is 2.63. The van der Waals surface area contributed by atoms with Gasteiger partial charge in [0.1, 0.15) is 13.2 Å². The Kier molecular flexibility index (Phi) is 5.79. The first-order valence-electron chi connectivity index (χ1n) is 8.10. The van der Waals surface area contributed by atoms with E-state index in [0.717, 1.165) is 11.1 Å². The normalized spacial score (nSPS) is 14.0. The SMILES string of the molecule is COC(CNC(=O)Cc1cc(Cl)c2c(c1)OCCO2)c1ccccc1. The van der Waals surface area contributed by atoms with Crippen molar-refractivity contribution in [2.45, 2.75) is 12.5 Å². The van der Waals surface area contributed by atoms with Crippen molar-refractivity contribution >= 4 is 17.5 Å². The third kappa shape index (κ3) is 4.44. The molecule has 1 atom stereocenters. The second-order valence-electron chi connectivity index (χ2n) is 5.72. The first kappa shape index (κ1) is 17.6. The van der Waals surface area contributed by atoms with Gasteiger partial charge in [0, 0.05) is 13.7 Å². The number of hydrogen-bond donors (Lipinski definition) is 1. The van der Waals surface area contributed by atoms with E-state index in [1.807, 2.05) is 30.3 Å². The highest BCUT2D eigenvalue weighted by atomic mass is 35.5. The average molecular weight is 362 g/mol. The Hall–Kier alpha value is -2.24. The zero-order chi connectivity index (χ0) is 17.6. The van der Waals surface area contributed by atoms with Crippen molar-refractivity contribution in [1.82, 2.24) is 5.32 Å². The molecule has 2 aromatic rings. The van der Waals surface area contributed by atoms with E-state index in [1.54, 1.807) is 19.2 Å². The highest BCUT2D eigenvalue weighted by Gasteiger charge is 2.18. The van der Waals surface area contributed by atoms with Crippen molar-refractivity contribution in [3.8, 4) is 11.5 Å². The molecule has 0 saturated carbocycles. The summed E-state index contributed by atoms with van der Waals surface area (Å²) >= 11 is 6.20. The molecular weight excluding hydrogens is 342 g/mol. The van der Waals surface area contributed by atoms with Gasteiger partial charge in [0.25, 0.3) is 0 Å². The molecule has 0 aromatic heterocycles. The van der Waals surface area contributed by atoms with Crippen LogP contribution in [-0.4, -0.2) is 32.8 Å². The number of rotatable bonds is 6. The summed E-state index contributed by atoms with van der Waals surface area (Å²) in [5, 5.41) is 3.36. The van der Waals surface area contributed by atoms with Crippen LogP contribution in [0, 0.1) is 0 Å². The summed E-state index contributed by atoms with van der Waals surface area (Å²) in [4.78, 5) is 12.3. The zero-order valence-electron chi connectivity index (χ0n) is 14.0. The monoisotopic (exact) mass is 361 g/mol. The second kappa shape index (κ2) is 8.23. The number of nitrogens with one attached hydrogen (secondary N) is 1. The van der Waals surface area contributed by atoms with Gasteiger partial charge in [-0.05, 0) is 23.3 Å². The van der Waals surface area contributed by atoms with E-state index in [2.05, 4.69) is 5.32 Å². The molecule has 0 aliphatic carbocycles. The van der Waals surface area contributed by atoms with E-state index < -0.39 is 0 Å². The van der Waals surface area contributed by atoms with Gasteiger partial charge in [0.2, 0.25) is 5.91 Å². The van der Waals surface area contributed by atoms with Crippen molar-refractivity contribution < 1.29 is 19.0 Å². The molecule has 0 bridgehead atoms. The highest BCUT2D eigenvalue weighted by molar-refractivity contribution is 6.32. The van der Waals surface area contributed by atoms with E-state index in [9.17, 15) is 4.79 Å². The third-order valence-electron chi connectivity index (χ3n) is 3.96. The van der Waals surface area contributed by atoms with Crippen LogP contribution in [0.5, 0.6) is 11.5 Å². The van der Waals surface area contributed by atoms with Crippen LogP contribution < -0.4 is 14.8 Å². The summed E-state index contributed by atoms with van der Waals surface area (Å²) in [7, 11) is 1.63. The summed E-state index contributed by atoms with van der Waals surface area (Å²) in [6.07, 6.45) is 0.0238. The van der Waals surface area contributed by atoms with Gasteiger partial charge in [0.15, 0.2) is 11.5 Å². The van der Waals surface area contributed by atoms with Crippen LogP contribution in [0.1, 0.15) is 17.2 Å². The van der Waals surface area contributed by atoms with Crippen molar-refractivity contribution in [2.75, 3.05) is 26.9 Å². The lowest BCUT2D eigenvalue weighted by atomic mass is 10.1. The second-order valence-corrected chi connectivity index (χ2v) is 6.12.